The van der Waals surface area contributed by atoms with E-state index in [1.165, 1.54) is 0 Å². The third kappa shape index (κ3) is 3.66. The molecule has 2 rings (SSSR count). The molecule has 1 amide bonds. The molecule has 1 atom stereocenters. The van der Waals surface area contributed by atoms with Gasteiger partial charge in [0.15, 0.2) is 0 Å². The van der Waals surface area contributed by atoms with Gasteiger partial charge in [-0.15, -0.1) is 0 Å². The second kappa shape index (κ2) is 6.65. The van der Waals surface area contributed by atoms with Gasteiger partial charge in [-0.05, 0) is 44.7 Å². The molecule has 0 unspecified atom stereocenters. The zero-order chi connectivity index (χ0) is 14.5. The Morgan fingerprint density at radius 3 is 2.80 bits per heavy atom. The van der Waals surface area contributed by atoms with Crippen LogP contribution in [0.1, 0.15) is 43.0 Å². The molecule has 0 radical (unpaired) electrons. The highest BCUT2D eigenvalue weighted by Gasteiger charge is 2.24. The number of carbonyl (C=O) groups excluding carboxylic acids is 2. The molecular weight excluding hydrogens is 276 g/mol. The number of H-pyrrole nitrogens is 1. The molecule has 1 heterocycles. The van der Waals surface area contributed by atoms with Gasteiger partial charge in [0.2, 0.25) is 0 Å². The van der Waals surface area contributed by atoms with Crippen LogP contribution in [-0.2, 0) is 9.53 Å². The van der Waals surface area contributed by atoms with E-state index in [0.717, 1.165) is 25.7 Å². The fourth-order valence-electron chi connectivity index (χ4n) is 2.21. The fourth-order valence-corrected chi connectivity index (χ4v) is 2.44. The number of ether oxygens (including phenoxy) is 1. The summed E-state index contributed by atoms with van der Waals surface area (Å²) in [6.07, 6.45) is 5.67. The number of nitrogens with one attached hydrogen (secondary N) is 2. The van der Waals surface area contributed by atoms with Crippen LogP contribution in [0.15, 0.2) is 18.3 Å². The van der Waals surface area contributed by atoms with Crippen LogP contribution in [0, 0.1) is 4.64 Å². The first kappa shape index (κ1) is 14.7. The molecule has 1 aliphatic rings. The second-order valence-corrected chi connectivity index (χ2v) is 5.36. The quantitative estimate of drug-likeness (QED) is 0.660. The van der Waals surface area contributed by atoms with Gasteiger partial charge < -0.3 is 15.0 Å². The first-order valence-corrected chi connectivity index (χ1v) is 7.18. The van der Waals surface area contributed by atoms with E-state index in [-0.39, 0.29) is 12.0 Å². The van der Waals surface area contributed by atoms with Crippen molar-refractivity contribution in [3.63, 3.8) is 0 Å². The summed E-state index contributed by atoms with van der Waals surface area (Å²) in [7, 11) is 0. The molecule has 0 aromatic carbocycles. The predicted molar refractivity (Wildman–Crippen MR) is 76.9 cm³/mol. The molecule has 6 heteroatoms. The van der Waals surface area contributed by atoms with Gasteiger partial charge in [0.05, 0.1) is 5.56 Å². The minimum Gasteiger partial charge on any atom is -0.461 e. The summed E-state index contributed by atoms with van der Waals surface area (Å²) in [6.45, 7) is 1.62. The van der Waals surface area contributed by atoms with Crippen LogP contribution in [0.2, 0.25) is 0 Å². The van der Waals surface area contributed by atoms with E-state index >= 15 is 0 Å². The van der Waals surface area contributed by atoms with Crippen molar-refractivity contribution in [3.05, 3.63) is 28.5 Å². The molecule has 0 saturated heterocycles. The molecule has 1 aromatic rings. The van der Waals surface area contributed by atoms with Crippen molar-refractivity contribution in [3.8, 4) is 0 Å². The molecule has 0 aliphatic heterocycles. The summed E-state index contributed by atoms with van der Waals surface area (Å²) >= 11 is 5.03. The van der Waals surface area contributed by atoms with Gasteiger partial charge in [-0.1, -0.05) is 12.2 Å². The topological polar surface area (TPSA) is 71.2 Å². The number of hydrogen-bond acceptors (Lipinski definition) is 4. The molecule has 0 spiro atoms. The van der Waals surface area contributed by atoms with E-state index in [4.69, 9.17) is 17.0 Å². The minimum atomic E-state index is -0.683. The van der Waals surface area contributed by atoms with Crippen molar-refractivity contribution in [2.75, 3.05) is 0 Å². The Balaban J connectivity index is 1.91. The molecule has 1 fully saturated rings. The number of aromatic nitrogens is 1. The maximum Gasteiger partial charge on any atom is 0.328 e. The molecule has 5 nitrogen and oxygen atoms in total. The van der Waals surface area contributed by atoms with E-state index in [1.54, 1.807) is 25.3 Å². The molecule has 1 saturated carbocycles. The van der Waals surface area contributed by atoms with Gasteiger partial charge in [-0.3, -0.25) is 4.79 Å². The summed E-state index contributed by atoms with van der Waals surface area (Å²) < 4.78 is 5.70. The van der Waals surface area contributed by atoms with Crippen LogP contribution in [-0.4, -0.2) is 29.0 Å². The minimum absolute atomic E-state index is 0.00132. The average molecular weight is 294 g/mol. The van der Waals surface area contributed by atoms with E-state index in [9.17, 15) is 9.59 Å². The van der Waals surface area contributed by atoms with Crippen molar-refractivity contribution < 1.29 is 14.3 Å². The second-order valence-electron chi connectivity index (χ2n) is 4.95. The van der Waals surface area contributed by atoms with Crippen molar-refractivity contribution in [2.45, 2.75) is 44.8 Å². The Morgan fingerprint density at radius 1 is 1.45 bits per heavy atom. The monoisotopic (exact) mass is 294 g/mol. The molecule has 0 bridgehead atoms. The van der Waals surface area contributed by atoms with E-state index in [1.807, 2.05) is 0 Å². The lowest BCUT2D eigenvalue weighted by Gasteiger charge is -2.17. The Morgan fingerprint density at radius 2 is 2.15 bits per heavy atom. The number of rotatable bonds is 4. The standard InChI is InChI=1S/C14H18N2O3S/c1-9(14(18)19-10-5-2-3-6-10)16-12(17)11-7-4-8-15-13(11)20/h4,7-10H,2-3,5-6H2,1H3,(H,15,20)(H,16,17)/t9-/m0/s1. The molecule has 1 aliphatic carbocycles. The maximum atomic E-state index is 12.0. The smallest absolute Gasteiger partial charge is 0.328 e. The van der Waals surface area contributed by atoms with Crippen molar-refractivity contribution >= 4 is 24.1 Å². The number of esters is 1. The van der Waals surface area contributed by atoms with Gasteiger partial charge in [0, 0.05) is 6.20 Å². The number of amides is 1. The Kier molecular flexibility index (Phi) is 4.89. The van der Waals surface area contributed by atoms with E-state index in [0.29, 0.717) is 10.2 Å². The zero-order valence-corrected chi connectivity index (χ0v) is 12.2. The molecule has 108 valence electrons. The first-order valence-electron chi connectivity index (χ1n) is 6.77. The van der Waals surface area contributed by atoms with Crippen molar-refractivity contribution in [1.29, 1.82) is 0 Å². The van der Waals surface area contributed by atoms with Crippen molar-refractivity contribution in [2.24, 2.45) is 0 Å². The number of hydrogen-bond donors (Lipinski definition) is 2. The lowest BCUT2D eigenvalue weighted by atomic mass is 10.2. The van der Waals surface area contributed by atoms with Crippen LogP contribution in [0.5, 0.6) is 0 Å². The molecule has 1 aromatic heterocycles. The summed E-state index contributed by atoms with van der Waals surface area (Å²) in [5, 5.41) is 2.61. The van der Waals surface area contributed by atoms with Crippen LogP contribution in [0.4, 0.5) is 0 Å². The average Bonchev–Trinajstić information content (AvgIpc) is 2.91. The SMILES string of the molecule is C[C@H](NC(=O)c1ccc[nH]c1=S)C(=O)OC1CCCC1. The maximum absolute atomic E-state index is 12.0. The Labute approximate surface area is 122 Å². The molecule has 2 N–H and O–H groups in total. The van der Waals surface area contributed by atoms with Crippen molar-refractivity contribution in [1.82, 2.24) is 10.3 Å². The third-order valence-electron chi connectivity index (χ3n) is 3.35. The van der Waals surface area contributed by atoms with Gasteiger partial charge in [-0.2, -0.15) is 0 Å². The highest BCUT2D eigenvalue weighted by molar-refractivity contribution is 7.71. The lowest BCUT2D eigenvalue weighted by Crippen LogP contribution is -2.40. The van der Waals surface area contributed by atoms with Crippen LogP contribution < -0.4 is 5.32 Å². The number of carbonyl (C=O) groups is 2. The Bertz CT molecular complexity index is 549. The number of aromatic amines is 1. The van der Waals surface area contributed by atoms with Gasteiger partial charge >= 0.3 is 5.97 Å². The van der Waals surface area contributed by atoms with E-state index in [2.05, 4.69) is 10.3 Å². The summed E-state index contributed by atoms with van der Waals surface area (Å²) in [6, 6.07) is 2.62. The van der Waals surface area contributed by atoms with Gasteiger partial charge in [-0.25, -0.2) is 4.79 Å². The normalized spacial score (nSPS) is 16.6. The largest absolute Gasteiger partial charge is 0.461 e. The summed E-state index contributed by atoms with van der Waals surface area (Å²) in [4.78, 5) is 26.7. The van der Waals surface area contributed by atoms with Crippen LogP contribution >= 0.6 is 12.2 Å². The predicted octanol–water partition coefficient (Wildman–Crippen LogP) is 2.35. The third-order valence-corrected chi connectivity index (χ3v) is 3.69. The summed E-state index contributed by atoms with van der Waals surface area (Å²) in [5.41, 5.74) is 0.350. The fraction of sp³-hybridized carbons (Fsp3) is 0.500. The van der Waals surface area contributed by atoms with Crippen LogP contribution in [0.25, 0.3) is 0 Å². The highest BCUT2D eigenvalue weighted by atomic mass is 32.1. The zero-order valence-electron chi connectivity index (χ0n) is 11.3. The Hall–Kier alpha value is -1.69. The molecular formula is C14H18N2O3S. The number of pyridine rings is 1. The lowest BCUT2D eigenvalue weighted by molar-refractivity contribution is -0.150. The summed E-state index contributed by atoms with van der Waals surface area (Å²) in [5.74, 6) is -0.765. The van der Waals surface area contributed by atoms with Crippen LogP contribution in [0.3, 0.4) is 0 Å². The first-order chi connectivity index (χ1) is 9.58. The van der Waals surface area contributed by atoms with E-state index < -0.39 is 12.0 Å². The highest BCUT2D eigenvalue weighted by Crippen LogP contribution is 2.21. The molecule has 20 heavy (non-hydrogen) atoms. The van der Waals surface area contributed by atoms with Gasteiger partial charge in [0.25, 0.3) is 5.91 Å². The van der Waals surface area contributed by atoms with Gasteiger partial charge in [0.1, 0.15) is 16.8 Å².